The lowest BCUT2D eigenvalue weighted by Gasteiger charge is -2.19. The van der Waals surface area contributed by atoms with E-state index in [1.165, 1.54) is 0 Å². The lowest BCUT2D eigenvalue weighted by Crippen LogP contribution is -2.10. The van der Waals surface area contributed by atoms with Crippen LogP contribution in [0.5, 0.6) is 5.75 Å². The monoisotopic (exact) mass is 258 g/mol. The van der Waals surface area contributed by atoms with E-state index in [9.17, 15) is 9.18 Å². The fourth-order valence-corrected chi connectivity index (χ4v) is 2.15. The van der Waals surface area contributed by atoms with Crippen molar-refractivity contribution in [2.45, 2.75) is 12.8 Å². The van der Waals surface area contributed by atoms with Crippen LogP contribution in [-0.2, 0) is 6.42 Å². The van der Waals surface area contributed by atoms with Crippen LogP contribution in [0.15, 0.2) is 10.5 Å². The van der Waals surface area contributed by atoms with Crippen molar-refractivity contribution < 1.29 is 13.9 Å². The number of aldehydes is 1. The Hall–Kier alpha value is -0.900. The summed E-state index contributed by atoms with van der Waals surface area (Å²) in [6.07, 6.45) is 2.26. The van der Waals surface area contributed by atoms with Crippen LogP contribution in [0.1, 0.15) is 22.3 Å². The first kappa shape index (κ1) is 9.65. The Morgan fingerprint density at radius 2 is 2.36 bits per heavy atom. The summed E-state index contributed by atoms with van der Waals surface area (Å²) in [5, 5.41) is 0. The number of fused-ring (bicyclic) bond motifs is 1. The molecule has 0 saturated carbocycles. The van der Waals surface area contributed by atoms with Gasteiger partial charge < -0.3 is 4.74 Å². The van der Waals surface area contributed by atoms with Gasteiger partial charge in [0.15, 0.2) is 12.1 Å². The zero-order valence-electron chi connectivity index (χ0n) is 7.35. The summed E-state index contributed by atoms with van der Waals surface area (Å²) in [6, 6.07) is 1.56. The Morgan fingerprint density at radius 1 is 1.57 bits per heavy atom. The molecule has 1 aliphatic heterocycles. The molecule has 0 N–H and O–H groups in total. The molecule has 0 atom stereocenters. The Morgan fingerprint density at radius 3 is 3.07 bits per heavy atom. The number of aryl methyl sites for hydroxylation is 1. The molecule has 0 bridgehead atoms. The summed E-state index contributed by atoms with van der Waals surface area (Å²) < 4.78 is 19.0. The first-order chi connectivity index (χ1) is 6.74. The quantitative estimate of drug-likeness (QED) is 0.725. The predicted octanol–water partition coefficient (Wildman–Crippen LogP) is 2.73. The zero-order chi connectivity index (χ0) is 10.1. The molecule has 0 amide bonds. The minimum absolute atomic E-state index is 0.0844. The molecule has 1 heterocycles. The second kappa shape index (κ2) is 3.69. The minimum Gasteiger partial charge on any atom is -0.492 e. The summed E-state index contributed by atoms with van der Waals surface area (Å²) in [7, 11) is 0. The van der Waals surface area contributed by atoms with E-state index in [0.29, 0.717) is 18.6 Å². The molecule has 0 saturated heterocycles. The van der Waals surface area contributed by atoms with Gasteiger partial charge >= 0.3 is 0 Å². The van der Waals surface area contributed by atoms with Crippen LogP contribution in [0.2, 0.25) is 0 Å². The van der Waals surface area contributed by atoms with E-state index in [1.54, 1.807) is 6.07 Å². The summed E-state index contributed by atoms with van der Waals surface area (Å²) >= 11 is 3.10. The van der Waals surface area contributed by atoms with Gasteiger partial charge in [0.05, 0.1) is 16.6 Å². The van der Waals surface area contributed by atoms with Crippen molar-refractivity contribution in [2.75, 3.05) is 6.61 Å². The maximum absolute atomic E-state index is 13.4. The van der Waals surface area contributed by atoms with Gasteiger partial charge in [-0.05, 0) is 40.4 Å². The molecule has 4 heteroatoms. The van der Waals surface area contributed by atoms with Gasteiger partial charge in [0, 0.05) is 0 Å². The fraction of sp³-hybridized carbons (Fsp3) is 0.300. The first-order valence-corrected chi connectivity index (χ1v) is 5.12. The summed E-state index contributed by atoms with van der Waals surface area (Å²) in [4.78, 5) is 10.6. The average molecular weight is 259 g/mol. The molecule has 1 aliphatic rings. The maximum Gasteiger partial charge on any atom is 0.153 e. The van der Waals surface area contributed by atoms with Crippen LogP contribution in [-0.4, -0.2) is 12.9 Å². The van der Waals surface area contributed by atoms with Crippen molar-refractivity contribution in [1.82, 2.24) is 0 Å². The van der Waals surface area contributed by atoms with E-state index >= 15 is 0 Å². The molecule has 0 aromatic heterocycles. The molecule has 0 aliphatic carbocycles. The summed E-state index contributed by atoms with van der Waals surface area (Å²) in [5.41, 5.74) is 0.979. The maximum atomic E-state index is 13.4. The molecule has 14 heavy (non-hydrogen) atoms. The van der Waals surface area contributed by atoms with E-state index in [4.69, 9.17) is 4.74 Å². The normalized spacial score (nSPS) is 14.4. The molecule has 74 valence electrons. The van der Waals surface area contributed by atoms with Crippen LogP contribution in [0, 0.1) is 5.82 Å². The number of rotatable bonds is 1. The fourth-order valence-electron chi connectivity index (χ4n) is 1.55. The van der Waals surface area contributed by atoms with Gasteiger partial charge in [-0.15, -0.1) is 0 Å². The largest absolute Gasteiger partial charge is 0.492 e. The van der Waals surface area contributed by atoms with Crippen molar-refractivity contribution >= 4 is 22.2 Å². The molecule has 1 aromatic carbocycles. The van der Waals surface area contributed by atoms with Crippen LogP contribution < -0.4 is 4.74 Å². The third-order valence-electron chi connectivity index (χ3n) is 2.23. The van der Waals surface area contributed by atoms with Crippen LogP contribution in [0.25, 0.3) is 0 Å². The highest BCUT2D eigenvalue weighted by atomic mass is 79.9. The molecule has 0 fully saturated rings. The molecule has 0 radical (unpaired) electrons. The predicted molar refractivity (Wildman–Crippen MR) is 53.3 cm³/mol. The van der Waals surface area contributed by atoms with Crippen molar-refractivity contribution in [1.29, 1.82) is 0 Å². The third-order valence-corrected chi connectivity index (χ3v) is 2.94. The number of benzene rings is 1. The van der Waals surface area contributed by atoms with Gasteiger partial charge in [-0.2, -0.15) is 0 Å². The van der Waals surface area contributed by atoms with Gasteiger partial charge in [0.1, 0.15) is 5.75 Å². The van der Waals surface area contributed by atoms with Gasteiger partial charge in [-0.3, -0.25) is 4.79 Å². The van der Waals surface area contributed by atoms with E-state index < -0.39 is 5.82 Å². The SMILES string of the molecule is O=Cc1cc2c(c(Br)c1F)OCCC2. The van der Waals surface area contributed by atoms with E-state index in [0.717, 1.165) is 18.4 Å². The van der Waals surface area contributed by atoms with Gasteiger partial charge in [0.25, 0.3) is 0 Å². The highest BCUT2D eigenvalue weighted by Gasteiger charge is 2.19. The second-order valence-corrected chi connectivity index (χ2v) is 3.94. The topological polar surface area (TPSA) is 26.3 Å². The van der Waals surface area contributed by atoms with Gasteiger partial charge in [-0.25, -0.2) is 4.39 Å². The highest BCUT2D eigenvalue weighted by Crippen LogP contribution is 2.36. The number of carbonyl (C=O) groups is 1. The highest BCUT2D eigenvalue weighted by molar-refractivity contribution is 9.10. The van der Waals surface area contributed by atoms with E-state index in [-0.39, 0.29) is 10.0 Å². The molecular weight excluding hydrogens is 251 g/mol. The van der Waals surface area contributed by atoms with Crippen molar-refractivity contribution in [3.8, 4) is 5.75 Å². The number of hydrogen-bond acceptors (Lipinski definition) is 2. The van der Waals surface area contributed by atoms with Crippen molar-refractivity contribution in [3.63, 3.8) is 0 Å². The van der Waals surface area contributed by atoms with Crippen LogP contribution in [0.4, 0.5) is 4.39 Å². The standard InChI is InChI=1S/C10H8BrFO2/c11-8-9(12)7(5-13)4-6-2-1-3-14-10(6)8/h4-5H,1-3H2. The lowest BCUT2D eigenvalue weighted by molar-refractivity contribution is 0.111. The number of ether oxygens (including phenoxy) is 1. The molecule has 0 unspecified atom stereocenters. The van der Waals surface area contributed by atoms with E-state index in [1.807, 2.05) is 0 Å². The van der Waals surface area contributed by atoms with Gasteiger partial charge in [0.2, 0.25) is 0 Å². The Bertz CT molecular complexity index is 390. The van der Waals surface area contributed by atoms with Crippen molar-refractivity contribution in [2.24, 2.45) is 0 Å². The average Bonchev–Trinajstić information content (AvgIpc) is 2.23. The van der Waals surface area contributed by atoms with Crippen LogP contribution >= 0.6 is 15.9 Å². The number of carbonyl (C=O) groups excluding carboxylic acids is 1. The molecule has 2 rings (SSSR count). The first-order valence-electron chi connectivity index (χ1n) is 4.33. The summed E-state index contributed by atoms with van der Waals surface area (Å²) in [6.45, 7) is 0.603. The number of halogens is 2. The van der Waals surface area contributed by atoms with E-state index in [2.05, 4.69) is 15.9 Å². The smallest absolute Gasteiger partial charge is 0.153 e. The Balaban J connectivity index is 2.62. The lowest BCUT2D eigenvalue weighted by atomic mass is 10.0. The molecule has 2 nitrogen and oxygen atoms in total. The number of hydrogen-bond donors (Lipinski definition) is 0. The molecule has 1 aromatic rings. The van der Waals surface area contributed by atoms with Gasteiger partial charge in [-0.1, -0.05) is 0 Å². The zero-order valence-corrected chi connectivity index (χ0v) is 8.93. The minimum atomic E-state index is -0.541. The summed E-state index contributed by atoms with van der Waals surface area (Å²) in [5.74, 6) is 0.000000000000000666. The Kier molecular flexibility index (Phi) is 2.54. The molecule has 0 spiro atoms. The molecular formula is C10H8BrFO2. The third kappa shape index (κ3) is 1.43. The van der Waals surface area contributed by atoms with Crippen molar-refractivity contribution in [3.05, 3.63) is 27.5 Å². The Labute approximate surface area is 89.2 Å². The van der Waals surface area contributed by atoms with Crippen LogP contribution in [0.3, 0.4) is 0 Å². The second-order valence-electron chi connectivity index (χ2n) is 3.15.